The van der Waals surface area contributed by atoms with Crippen molar-refractivity contribution in [3.63, 3.8) is 0 Å². The highest BCUT2D eigenvalue weighted by atomic mass is 16.5. The summed E-state index contributed by atoms with van der Waals surface area (Å²) in [6.07, 6.45) is 2.74. The maximum Gasteiger partial charge on any atom is 0.237 e. The zero-order valence-electron chi connectivity index (χ0n) is 11.3. The van der Waals surface area contributed by atoms with E-state index in [1.54, 1.807) is 0 Å². The maximum atomic E-state index is 12.2. The van der Waals surface area contributed by atoms with Gasteiger partial charge in [0.15, 0.2) is 0 Å². The van der Waals surface area contributed by atoms with E-state index in [0.717, 1.165) is 19.4 Å². The highest BCUT2D eigenvalue weighted by molar-refractivity contribution is 5.82. The molecular formula is C13H24N2O3. The van der Waals surface area contributed by atoms with Crippen LogP contribution in [0.4, 0.5) is 0 Å². The Balaban J connectivity index is 1.87. The second-order valence-electron chi connectivity index (χ2n) is 6.22. The van der Waals surface area contributed by atoms with E-state index in [1.165, 1.54) is 0 Å². The summed E-state index contributed by atoms with van der Waals surface area (Å²) < 4.78 is 5.16. The molecule has 0 aromatic heterocycles. The van der Waals surface area contributed by atoms with Crippen molar-refractivity contribution in [3.8, 4) is 0 Å². The predicted molar refractivity (Wildman–Crippen MR) is 68.2 cm³/mol. The van der Waals surface area contributed by atoms with Gasteiger partial charge >= 0.3 is 0 Å². The summed E-state index contributed by atoms with van der Waals surface area (Å²) in [6, 6.07) is -0.169. The normalized spacial score (nSPS) is 35.4. The summed E-state index contributed by atoms with van der Waals surface area (Å²) in [5.74, 6) is -0.0139. The highest BCUT2D eigenvalue weighted by Gasteiger charge is 2.39. The molecular weight excluding hydrogens is 232 g/mol. The monoisotopic (exact) mass is 256 g/mol. The fourth-order valence-corrected chi connectivity index (χ4v) is 2.75. The Morgan fingerprint density at radius 3 is 2.89 bits per heavy atom. The molecule has 3 N–H and O–H groups in total. The van der Waals surface area contributed by atoms with Crippen LogP contribution in [0.5, 0.6) is 0 Å². The van der Waals surface area contributed by atoms with Gasteiger partial charge in [0, 0.05) is 19.6 Å². The summed E-state index contributed by atoms with van der Waals surface area (Å²) >= 11 is 0. The molecule has 5 heteroatoms. The largest absolute Gasteiger partial charge is 0.386 e. The molecule has 0 saturated carbocycles. The smallest absolute Gasteiger partial charge is 0.237 e. The molecule has 2 aliphatic rings. The van der Waals surface area contributed by atoms with Crippen molar-refractivity contribution in [1.82, 2.24) is 10.6 Å². The van der Waals surface area contributed by atoms with Crippen molar-refractivity contribution in [2.75, 3.05) is 26.3 Å². The fraction of sp³-hybridized carbons (Fsp3) is 0.923. The lowest BCUT2D eigenvalue weighted by molar-refractivity contribution is -0.128. The summed E-state index contributed by atoms with van der Waals surface area (Å²) in [5, 5.41) is 16.2. The van der Waals surface area contributed by atoms with Crippen LogP contribution in [-0.4, -0.2) is 49.0 Å². The molecule has 0 bridgehead atoms. The first-order valence-corrected chi connectivity index (χ1v) is 6.74. The average Bonchev–Trinajstić information content (AvgIpc) is 2.73. The lowest BCUT2D eigenvalue weighted by Gasteiger charge is -2.38. The van der Waals surface area contributed by atoms with Gasteiger partial charge in [-0.15, -0.1) is 0 Å². The van der Waals surface area contributed by atoms with Crippen molar-refractivity contribution in [3.05, 3.63) is 0 Å². The number of carbonyl (C=O) groups excluding carboxylic acids is 1. The molecule has 2 fully saturated rings. The number of ether oxygens (including phenoxy) is 1. The van der Waals surface area contributed by atoms with E-state index in [4.69, 9.17) is 4.74 Å². The van der Waals surface area contributed by atoms with Crippen molar-refractivity contribution in [2.45, 2.75) is 44.8 Å². The first-order valence-electron chi connectivity index (χ1n) is 6.74. The second-order valence-corrected chi connectivity index (χ2v) is 6.22. The van der Waals surface area contributed by atoms with Gasteiger partial charge in [0.2, 0.25) is 5.91 Å². The third-order valence-electron chi connectivity index (χ3n) is 4.06. The van der Waals surface area contributed by atoms with Crippen LogP contribution in [0.2, 0.25) is 0 Å². The molecule has 0 aliphatic carbocycles. The molecule has 2 atom stereocenters. The number of aliphatic hydroxyl groups is 1. The average molecular weight is 256 g/mol. The third-order valence-corrected chi connectivity index (χ3v) is 4.06. The molecule has 1 amide bonds. The maximum absolute atomic E-state index is 12.2. The van der Waals surface area contributed by atoms with Crippen LogP contribution in [0.1, 0.15) is 33.1 Å². The molecule has 2 unspecified atom stereocenters. The number of hydrogen-bond donors (Lipinski definition) is 3. The van der Waals surface area contributed by atoms with Crippen LogP contribution in [0.3, 0.4) is 0 Å². The number of hydrogen-bond acceptors (Lipinski definition) is 4. The van der Waals surface area contributed by atoms with Gasteiger partial charge in [-0.25, -0.2) is 0 Å². The van der Waals surface area contributed by atoms with Gasteiger partial charge in [-0.1, -0.05) is 13.8 Å². The minimum absolute atomic E-state index is 0.0139. The molecule has 0 aromatic rings. The van der Waals surface area contributed by atoms with Gasteiger partial charge in [0.05, 0.1) is 12.6 Å². The molecule has 2 aliphatic heterocycles. The number of rotatable bonds is 3. The zero-order valence-corrected chi connectivity index (χ0v) is 11.3. The lowest BCUT2D eigenvalue weighted by Crippen LogP contribution is -2.57. The second kappa shape index (κ2) is 5.15. The Morgan fingerprint density at radius 1 is 1.50 bits per heavy atom. The Hall–Kier alpha value is -0.650. The predicted octanol–water partition coefficient (Wildman–Crippen LogP) is 0.0322. The van der Waals surface area contributed by atoms with E-state index in [-0.39, 0.29) is 23.9 Å². The van der Waals surface area contributed by atoms with Crippen LogP contribution in [0.25, 0.3) is 0 Å². The van der Waals surface area contributed by atoms with Crippen molar-refractivity contribution in [2.24, 2.45) is 5.41 Å². The van der Waals surface area contributed by atoms with Crippen LogP contribution in [0, 0.1) is 5.41 Å². The van der Waals surface area contributed by atoms with E-state index >= 15 is 0 Å². The SMILES string of the molecule is CC1(C)CCCNC1C(=O)NCC1(O)CCOC1. The summed E-state index contributed by atoms with van der Waals surface area (Å²) in [7, 11) is 0. The van der Waals surface area contributed by atoms with Gasteiger partial charge in [-0.2, -0.15) is 0 Å². The van der Waals surface area contributed by atoms with E-state index in [0.29, 0.717) is 19.6 Å². The molecule has 0 aromatic carbocycles. The molecule has 5 nitrogen and oxygen atoms in total. The Kier molecular flexibility index (Phi) is 3.94. The highest BCUT2D eigenvalue weighted by Crippen LogP contribution is 2.30. The molecule has 2 saturated heterocycles. The molecule has 0 radical (unpaired) electrons. The van der Waals surface area contributed by atoms with E-state index in [2.05, 4.69) is 24.5 Å². The number of carbonyl (C=O) groups is 1. The zero-order chi connectivity index (χ0) is 13.2. The van der Waals surface area contributed by atoms with Gasteiger partial charge in [0.25, 0.3) is 0 Å². The summed E-state index contributed by atoms with van der Waals surface area (Å²) in [5.41, 5.74) is -0.911. The van der Waals surface area contributed by atoms with Gasteiger partial charge in [-0.3, -0.25) is 4.79 Å². The first kappa shape index (κ1) is 13.8. The van der Waals surface area contributed by atoms with Crippen molar-refractivity contribution >= 4 is 5.91 Å². The van der Waals surface area contributed by atoms with Gasteiger partial charge in [-0.05, 0) is 24.8 Å². The fourth-order valence-electron chi connectivity index (χ4n) is 2.75. The summed E-state index contributed by atoms with van der Waals surface area (Å²) in [4.78, 5) is 12.2. The minimum Gasteiger partial charge on any atom is -0.386 e. The molecule has 104 valence electrons. The van der Waals surface area contributed by atoms with Crippen molar-refractivity contribution < 1.29 is 14.6 Å². The number of piperidine rings is 1. The van der Waals surface area contributed by atoms with E-state index < -0.39 is 5.60 Å². The van der Waals surface area contributed by atoms with E-state index in [9.17, 15) is 9.90 Å². The van der Waals surface area contributed by atoms with Crippen molar-refractivity contribution in [1.29, 1.82) is 0 Å². The van der Waals surface area contributed by atoms with Crippen LogP contribution < -0.4 is 10.6 Å². The number of amides is 1. The topological polar surface area (TPSA) is 70.6 Å². The Labute approximate surface area is 108 Å². The first-order chi connectivity index (χ1) is 8.43. The minimum atomic E-state index is -0.880. The summed E-state index contributed by atoms with van der Waals surface area (Å²) in [6.45, 7) is 6.26. The molecule has 18 heavy (non-hydrogen) atoms. The van der Waals surface area contributed by atoms with Crippen LogP contribution >= 0.6 is 0 Å². The Morgan fingerprint density at radius 2 is 2.28 bits per heavy atom. The van der Waals surface area contributed by atoms with E-state index in [1.807, 2.05) is 0 Å². The standard InChI is InChI=1S/C13H24N2O3/c1-12(2)4-3-6-14-10(12)11(16)15-8-13(17)5-7-18-9-13/h10,14,17H,3-9H2,1-2H3,(H,15,16). The Bertz CT molecular complexity index is 311. The molecule has 2 rings (SSSR count). The lowest BCUT2D eigenvalue weighted by atomic mass is 9.77. The third kappa shape index (κ3) is 3.02. The van der Waals surface area contributed by atoms with Crippen LogP contribution in [0.15, 0.2) is 0 Å². The molecule has 2 heterocycles. The quantitative estimate of drug-likeness (QED) is 0.666. The van der Waals surface area contributed by atoms with Gasteiger partial charge in [0.1, 0.15) is 5.60 Å². The van der Waals surface area contributed by atoms with Crippen LogP contribution in [-0.2, 0) is 9.53 Å². The molecule has 0 spiro atoms. The number of nitrogens with one attached hydrogen (secondary N) is 2. The van der Waals surface area contributed by atoms with Gasteiger partial charge < -0.3 is 20.5 Å².